The highest BCUT2D eigenvalue weighted by Crippen LogP contribution is 2.06. The molecule has 1 atom stereocenters. The molecule has 0 radical (unpaired) electrons. The molecule has 0 aliphatic rings. The maximum atomic E-state index is 12.0. The SMILES string of the molecule is CCc1cccc(CN(C)C(=O)N[C@H](C(=O)O)C(C)C)n1. The third kappa shape index (κ3) is 5.06. The topological polar surface area (TPSA) is 82.5 Å². The molecule has 1 aromatic rings. The number of carbonyl (C=O) groups excluding carboxylic acids is 1. The van der Waals surface area contributed by atoms with Crippen molar-refractivity contribution in [2.45, 2.75) is 39.8 Å². The van der Waals surface area contributed by atoms with Crippen LogP contribution < -0.4 is 5.32 Å². The van der Waals surface area contributed by atoms with Crippen LogP contribution in [0, 0.1) is 5.92 Å². The van der Waals surface area contributed by atoms with Gasteiger partial charge in [-0.2, -0.15) is 0 Å². The van der Waals surface area contributed by atoms with E-state index < -0.39 is 18.0 Å². The molecule has 6 heteroatoms. The molecule has 0 unspecified atom stereocenters. The lowest BCUT2D eigenvalue weighted by Crippen LogP contribution is -2.48. The molecule has 0 aliphatic carbocycles. The number of amides is 2. The Hall–Kier alpha value is -2.11. The molecule has 1 heterocycles. The van der Waals surface area contributed by atoms with Crippen LogP contribution in [0.25, 0.3) is 0 Å². The minimum absolute atomic E-state index is 0.179. The van der Waals surface area contributed by atoms with Gasteiger partial charge in [-0.1, -0.05) is 26.8 Å². The lowest BCUT2D eigenvalue weighted by Gasteiger charge is -2.23. The Kier molecular flexibility index (Phi) is 6.14. The van der Waals surface area contributed by atoms with Crippen molar-refractivity contribution in [3.05, 3.63) is 29.6 Å². The van der Waals surface area contributed by atoms with E-state index in [9.17, 15) is 9.59 Å². The van der Waals surface area contributed by atoms with E-state index in [0.717, 1.165) is 17.8 Å². The van der Waals surface area contributed by atoms with Crippen LogP contribution in [0.5, 0.6) is 0 Å². The van der Waals surface area contributed by atoms with Gasteiger partial charge in [0, 0.05) is 12.7 Å². The highest BCUT2D eigenvalue weighted by atomic mass is 16.4. The Bertz CT molecular complexity index is 503. The number of aryl methyl sites for hydroxylation is 1. The van der Waals surface area contributed by atoms with Gasteiger partial charge in [-0.15, -0.1) is 0 Å². The number of hydrogen-bond donors (Lipinski definition) is 2. The van der Waals surface area contributed by atoms with E-state index >= 15 is 0 Å². The van der Waals surface area contributed by atoms with Crippen molar-refractivity contribution in [2.24, 2.45) is 5.92 Å². The Morgan fingerprint density at radius 1 is 1.33 bits per heavy atom. The summed E-state index contributed by atoms with van der Waals surface area (Å²) >= 11 is 0. The van der Waals surface area contributed by atoms with Gasteiger partial charge in [-0.3, -0.25) is 4.98 Å². The predicted octanol–water partition coefficient (Wildman–Crippen LogP) is 1.89. The van der Waals surface area contributed by atoms with Gasteiger partial charge in [-0.25, -0.2) is 9.59 Å². The lowest BCUT2D eigenvalue weighted by atomic mass is 10.1. The molecule has 0 bridgehead atoms. The third-order valence-electron chi connectivity index (χ3n) is 3.18. The van der Waals surface area contributed by atoms with Crippen LogP contribution in [0.1, 0.15) is 32.2 Å². The standard InChI is InChI=1S/C15H23N3O3/c1-5-11-7-6-8-12(16-11)9-18(4)15(21)17-13(10(2)3)14(19)20/h6-8,10,13H,5,9H2,1-4H3,(H,17,21)(H,19,20)/t13-/m0/s1. The van der Waals surface area contributed by atoms with Crippen LogP contribution in [0.2, 0.25) is 0 Å². The first-order chi connectivity index (χ1) is 9.85. The minimum Gasteiger partial charge on any atom is -0.480 e. The third-order valence-corrected chi connectivity index (χ3v) is 3.18. The lowest BCUT2D eigenvalue weighted by molar-refractivity contribution is -0.140. The molecular formula is C15H23N3O3. The maximum Gasteiger partial charge on any atom is 0.326 e. The van der Waals surface area contributed by atoms with Crippen molar-refractivity contribution < 1.29 is 14.7 Å². The molecule has 21 heavy (non-hydrogen) atoms. The molecule has 116 valence electrons. The van der Waals surface area contributed by atoms with Gasteiger partial charge in [0.25, 0.3) is 0 Å². The smallest absolute Gasteiger partial charge is 0.326 e. The second kappa shape index (κ2) is 7.61. The largest absolute Gasteiger partial charge is 0.480 e. The molecule has 0 aliphatic heterocycles. The molecule has 6 nitrogen and oxygen atoms in total. The summed E-state index contributed by atoms with van der Waals surface area (Å²) in [5.41, 5.74) is 1.75. The van der Waals surface area contributed by atoms with Crippen LogP contribution >= 0.6 is 0 Å². The zero-order valence-corrected chi connectivity index (χ0v) is 13.0. The Morgan fingerprint density at radius 3 is 2.48 bits per heavy atom. The highest BCUT2D eigenvalue weighted by Gasteiger charge is 2.24. The van der Waals surface area contributed by atoms with E-state index in [1.54, 1.807) is 20.9 Å². The Labute approximate surface area is 125 Å². The maximum absolute atomic E-state index is 12.0. The number of carboxylic acid groups (broad SMARTS) is 1. The van der Waals surface area contributed by atoms with Gasteiger partial charge in [0.15, 0.2) is 0 Å². The van der Waals surface area contributed by atoms with Crippen LogP contribution in [-0.2, 0) is 17.8 Å². The van der Waals surface area contributed by atoms with Gasteiger partial charge in [0.1, 0.15) is 6.04 Å². The predicted molar refractivity (Wildman–Crippen MR) is 79.9 cm³/mol. The molecule has 0 saturated carbocycles. The molecule has 1 aromatic heterocycles. The van der Waals surface area contributed by atoms with Crippen molar-refractivity contribution in [2.75, 3.05) is 7.05 Å². The molecule has 2 N–H and O–H groups in total. The number of pyridine rings is 1. The van der Waals surface area contributed by atoms with E-state index in [0.29, 0.717) is 6.54 Å². The molecule has 2 amide bonds. The van der Waals surface area contributed by atoms with E-state index in [2.05, 4.69) is 10.3 Å². The van der Waals surface area contributed by atoms with E-state index in [4.69, 9.17) is 5.11 Å². The van der Waals surface area contributed by atoms with Crippen molar-refractivity contribution in [3.8, 4) is 0 Å². The summed E-state index contributed by atoms with van der Waals surface area (Å²) < 4.78 is 0. The van der Waals surface area contributed by atoms with Gasteiger partial charge in [0.2, 0.25) is 0 Å². The van der Waals surface area contributed by atoms with E-state index in [1.165, 1.54) is 4.90 Å². The van der Waals surface area contributed by atoms with E-state index in [-0.39, 0.29) is 5.92 Å². The summed E-state index contributed by atoms with van der Waals surface area (Å²) in [6, 6.07) is 4.37. The number of aliphatic carboxylic acids is 1. The molecule has 0 saturated heterocycles. The molecule has 0 aromatic carbocycles. The second-order valence-electron chi connectivity index (χ2n) is 5.34. The first kappa shape index (κ1) is 16.9. The Balaban J connectivity index is 2.67. The van der Waals surface area contributed by atoms with Crippen LogP contribution in [-0.4, -0.2) is 40.1 Å². The van der Waals surface area contributed by atoms with Gasteiger partial charge in [-0.05, 0) is 24.5 Å². The molecular weight excluding hydrogens is 270 g/mol. The fraction of sp³-hybridized carbons (Fsp3) is 0.533. The van der Waals surface area contributed by atoms with Gasteiger partial charge in [0.05, 0.1) is 12.2 Å². The average Bonchev–Trinajstić information content (AvgIpc) is 2.43. The molecule has 1 rings (SSSR count). The summed E-state index contributed by atoms with van der Waals surface area (Å²) in [5, 5.41) is 11.6. The fourth-order valence-corrected chi connectivity index (χ4v) is 1.89. The molecule has 0 spiro atoms. The quantitative estimate of drug-likeness (QED) is 0.839. The van der Waals surface area contributed by atoms with Crippen LogP contribution in [0.15, 0.2) is 18.2 Å². The summed E-state index contributed by atoms with van der Waals surface area (Å²) in [7, 11) is 1.62. The van der Waals surface area contributed by atoms with Crippen molar-refractivity contribution in [1.82, 2.24) is 15.2 Å². The number of carboxylic acids is 1. The van der Waals surface area contributed by atoms with Gasteiger partial charge < -0.3 is 15.3 Å². The number of nitrogens with zero attached hydrogens (tertiary/aromatic N) is 2. The summed E-state index contributed by atoms with van der Waals surface area (Å²) in [4.78, 5) is 29.0. The van der Waals surface area contributed by atoms with Crippen LogP contribution in [0.3, 0.4) is 0 Å². The number of rotatable bonds is 6. The van der Waals surface area contributed by atoms with Crippen molar-refractivity contribution >= 4 is 12.0 Å². The zero-order valence-electron chi connectivity index (χ0n) is 13.0. The van der Waals surface area contributed by atoms with Crippen LogP contribution in [0.4, 0.5) is 4.79 Å². The summed E-state index contributed by atoms with van der Waals surface area (Å²) in [6.07, 6.45) is 0.832. The van der Waals surface area contributed by atoms with Crippen molar-refractivity contribution in [3.63, 3.8) is 0 Å². The average molecular weight is 293 g/mol. The highest BCUT2D eigenvalue weighted by molar-refractivity contribution is 5.82. The second-order valence-corrected chi connectivity index (χ2v) is 5.34. The molecule has 0 fully saturated rings. The number of carbonyl (C=O) groups is 2. The monoisotopic (exact) mass is 293 g/mol. The number of aromatic nitrogens is 1. The Morgan fingerprint density at radius 2 is 1.95 bits per heavy atom. The van der Waals surface area contributed by atoms with E-state index in [1.807, 2.05) is 25.1 Å². The minimum atomic E-state index is -1.03. The zero-order chi connectivity index (χ0) is 16.0. The van der Waals surface area contributed by atoms with Gasteiger partial charge >= 0.3 is 12.0 Å². The van der Waals surface area contributed by atoms with Crippen molar-refractivity contribution in [1.29, 1.82) is 0 Å². The number of hydrogen-bond acceptors (Lipinski definition) is 3. The number of urea groups is 1. The normalized spacial score (nSPS) is 12.0. The first-order valence-electron chi connectivity index (χ1n) is 7.04. The fourth-order valence-electron chi connectivity index (χ4n) is 1.89. The summed E-state index contributed by atoms with van der Waals surface area (Å²) in [6.45, 7) is 5.86. The number of nitrogens with one attached hydrogen (secondary N) is 1. The summed E-state index contributed by atoms with van der Waals surface area (Å²) in [5.74, 6) is -1.21. The first-order valence-corrected chi connectivity index (χ1v) is 7.04.